The Morgan fingerprint density at radius 1 is 1.26 bits per heavy atom. The average Bonchev–Trinajstić information content (AvgIpc) is 2.97. The molecule has 0 bridgehead atoms. The number of benzene rings is 1. The first kappa shape index (κ1) is 13.7. The van der Waals surface area contributed by atoms with Gasteiger partial charge in [-0.15, -0.1) is 0 Å². The van der Waals surface area contributed by atoms with Crippen LogP contribution in [-0.4, -0.2) is 17.5 Å². The molecule has 0 spiro atoms. The molecular formula is C16H16O2S. The molecule has 0 aliphatic carbocycles. The molecule has 2 aromatic rings. The number of hydrogen-bond donors (Lipinski definition) is 1. The van der Waals surface area contributed by atoms with Crippen LogP contribution in [0.3, 0.4) is 0 Å². The van der Waals surface area contributed by atoms with E-state index in [-0.39, 0.29) is 18.3 Å². The minimum atomic E-state index is -0.132. The Morgan fingerprint density at radius 2 is 2.05 bits per heavy atom. The highest BCUT2D eigenvalue weighted by atomic mass is 32.1. The zero-order chi connectivity index (χ0) is 13.5. The van der Waals surface area contributed by atoms with Gasteiger partial charge in [0.25, 0.3) is 0 Å². The van der Waals surface area contributed by atoms with Gasteiger partial charge in [-0.1, -0.05) is 42.5 Å². The van der Waals surface area contributed by atoms with Gasteiger partial charge >= 0.3 is 0 Å². The topological polar surface area (TPSA) is 37.3 Å². The van der Waals surface area contributed by atoms with E-state index in [4.69, 9.17) is 0 Å². The van der Waals surface area contributed by atoms with Gasteiger partial charge in [-0.05, 0) is 22.4 Å². The third-order valence-electron chi connectivity index (χ3n) is 2.88. The summed E-state index contributed by atoms with van der Waals surface area (Å²) in [5.41, 5.74) is 1.81. The molecule has 0 aliphatic rings. The van der Waals surface area contributed by atoms with Crippen LogP contribution in [0.1, 0.15) is 22.3 Å². The largest absolute Gasteiger partial charge is 0.396 e. The number of carbonyl (C=O) groups is 1. The first-order valence-corrected chi connectivity index (χ1v) is 7.13. The first-order valence-electron chi connectivity index (χ1n) is 6.19. The van der Waals surface area contributed by atoms with Crippen LogP contribution in [0.5, 0.6) is 0 Å². The van der Waals surface area contributed by atoms with Crippen molar-refractivity contribution in [3.63, 3.8) is 0 Å². The highest BCUT2D eigenvalue weighted by Crippen LogP contribution is 2.14. The van der Waals surface area contributed by atoms with E-state index in [0.717, 1.165) is 5.56 Å². The predicted molar refractivity (Wildman–Crippen MR) is 79.3 cm³/mol. The van der Waals surface area contributed by atoms with E-state index in [1.807, 2.05) is 47.2 Å². The van der Waals surface area contributed by atoms with Crippen LogP contribution in [0.2, 0.25) is 0 Å². The van der Waals surface area contributed by atoms with Crippen LogP contribution in [0.15, 0.2) is 53.2 Å². The van der Waals surface area contributed by atoms with Crippen molar-refractivity contribution >= 4 is 23.2 Å². The Morgan fingerprint density at radius 3 is 2.68 bits per heavy atom. The molecule has 3 heteroatoms. The number of aliphatic hydroxyl groups excluding tert-OH is 1. The molecule has 2 rings (SSSR count). The Balaban J connectivity index is 1.98. The molecule has 0 amide bonds. The Hall–Kier alpha value is -1.71. The third kappa shape index (κ3) is 4.16. The molecule has 2 nitrogen and oxygen atoms in total. The highest BCUT2D eigenvalue weighted by Gasteiger charge is 2.11. The normalized spacial score (nSPS) is 12.7. The maximum Gasteiger partial charge on any atom is 0.163 e. The standard InChI is InChI=1S/C16H16O2S/c17-11-14(7-6-13-8-9-19-12-13)10-16(18)15-4-2-1-3-5-15/h1-9,12,14,17H,10-11H2/b7-6+/t14-/m1/s1. The van der Waals surface area contributed by atoms with Gasteiger partial charge in [0.2, 0.25) is 0 Å². The molecule has 0 saturated carbocycles. The van der Waals surface area contributed by atoms with Crippen LogP contribution in [0.25, 0.3) is 6.08 Å². The zero-order valence-corrected chi connectivity index (χ0v) is 11.3. The lowest BCUT2D eigenvalue weighted by atomic mass is 9.98. The Labute approximate surface area is 117 Å². The number of hydrogen-bond acceptors (Lipinski definition) is 3. The second kappa shape index (κ2) is 7.02. The lowest BCUT2D eigenvalue weighted by Crippen LogP contribution is -2.10. The van der Waals surface area contributed by atoms with Crippen molar-refractivity contribution in [3.8, 4) is 0 Å². The fourth-order valence-electron chi connectivity index (χ4n) is 1.79. The van der Waals surface area contributed by atoms with Gasteiger partial charge in [-0.2, -0.15) is 11.3 Å². The summed E-state index contributed by atoms with van der Waals surface area (Å²) >= 11 is 1.63. The van der Waals surface area contributed by atoms with Crippen molar-refractivity contribution in [1.29, 1.82) is 0 Å². The van der Waals surface area contributed by atoms with Crippen molar-refractivity contribution in [2.75, 3.05) is 6.61 Å². The van der Waals surface area contributed by atoms with Gasteiger partial charge in [0, 0.05) is 24.5 Å². The summed E-state index contributed by atoms with van der Waals surface area (Å²) in [7, 11) is 0. The molecular weight excluding hydrogens is 256 g/mol. The van der Waals surface area contributed by atoms with Crippen molar-refractivity contribution < 1.29 is 9.90 Å². The molecule has 19 heavy (non-hydrogen) atoms. The number of carbonyl (C=O) groups excluding carboxylic acids is 1. The minimum Gasteiger partial charge on any atom is -0.396 e. The van der Waals surface area contributed by atoms with Crippen LogP contribution in [0.4, 0.5) is 0 Å². The molecule has 98 valence electrons. The van der Waals surface area contributed by atoms with Gasteiger partial charge in [0.05, 0.1) is 0 Å². The number of Topliss-reactive ketones (excluding diaryl/α,β-unsaturated/α-hetero) is 1. The van der Waals surface area contributed by atoms with E-state index in [9.17, 15) is 9.90 Å². The molecule has 0 saturated heterocycles. The summed E-state index contributed by atoms with van der Waals surface area (Å²) < 4.78 is 0. The number of rotatable bonds is 6. The van der Waals surface area contributed by atoms with Gasteiger partial charge in [0.1, 0.15) is 0 Å². The molecule has 0 fully saturated rings. The molecule has 0 radical (unpaired) electrons. The predicted octanol–water partition coefficient (Wildman–Crippen LogP) is 3.64. The minimum absolute atomic E-state index is 0.0147. The summed E-state index contributed by atoms with van der Waals surface area (Å²) in [4.78, 5) is 12.0. The number of thiophene rings is 1. The Bertz CT molecular complexity index is 529. The molecule has 1 heterocycles. The van der Waals surface area contributed by atoms with Crippen LogP contribution in [-0.2, 0) is 0 Å². The summed E-state index contributed by atoms with van der Waals surface area (Å²) in [5.74, 6) is -0.0674. The van der Waals surface area contributed by atoms with Crippen molar-refractivity contribution in [2.45, 2.75) is 6.42 Å². The van der Waals surface area contributed by atoms with E-state index in [2.05, 4.69) is 0 Å². The molecule has 1 N–H and O–H groups in total. The summed E-state index contributed by atoms with van der Waals surface area (Å²) in [6, 6.07) is 11.2. The van der Waals surface area contributed by atoms with Crippen molar-refractivity contribution in [2.24, 2.45) is 5.92 Å². The van der Waals surface area contributed by atoms with Crippen LogP contribution >= 0.6 is 11.3 Å². The van der Waals surface area contributed by atoms with E-state index in [1.54, 1.807) is 23.5 Å². The average molecular weight is 272 g/mol. The van der Waals surface area contributed by atoms with Gasteiger partial charge < -0.3 is 5.11 Å². The van der Waals surface area contributed by atoms with Gasteiger partial charge in [-0.25, -0.2) is 0 Å². The van der Waals surface area contributed by atoms with Gasteiger partial charge in [0.15, 0.2) is 5.78 Å². The highest BCUT2D eigenvalue weighted by molar-refractivity contribution is 7.08. The first-order chi connectivity index (χ1) is 9.29. The maximum absolute atomic E-state index is 12.0. The fraction of sp³-hybridized carbons (Fsp3) is 0.188. The molecule has 0 unspecified atom stereocenters. The second-order valence-corrected chi connectivity index (χ2v) is 5.13. The smallest absolute Gasteiger partial charge is 0.163 e. The lowest BCUT2D eigenvalue weighted by Gasteiger charge is -2.08. The van der Waals surface area contributed by atoms with E-state index < -0.39 is 0 Å². The maximum atomic E-state index is 12.0. The Kier molecular flexibility index (Phi) is 5.07. The SMILES string of the molecule is O=C(C[C@@H](/C=C/c1ccsc1)CO)c1ccccc1. The fourth-order valence-corrected chi connectivity index (χ4v) is 2.42. The molecule has 0 aliphatic heterocycles. The molecule has 1 atom stereocenters. The quantitative estimate of drug-likeness (QED) is 0.815. The number of aliphatic hydroxyl groups is 1. The van der Waals surface area contributed by atoms with E-state index in [1.165, 1.54) is 0 Å². The van der Waals surface area contributed by atoms with Crippen molar-refractivity contribution in [1.82, 2.24) is 0 Å². The zero-order valence-electron chi connectivity index (χ0n) is 10.5. The summed E-state index contributed by atoms with van der Waals surface area (Å²) in [6.45, 7) is -0.0147. The second-order valence-electron chi connectivity index (χ2n) is 4.35. The van der Waals surface area contributed by atoms with Crippen LogP contribution < -0.4 is 0 Å². The molecule has 1 aromatic carbocycles. The van der Waals surface area contributed by atoms with Crippen molar-refractivity contribution in [3.05, 3.63) is 64.4 Å². The van der Waals surface area contributed by atoms with Crippen LogP contribution in [0, 0.1) is 5.92 Å². The summed E-state index contributed by atoms with van der Waals surface area (Å²) in [5, 5.41) is 13.4. The van der Waals surface area contributed by atoms with E-state index >= 15 is 0 Å². The van der Waals surface area contributed by atoms with Gasteiger partial charge in [-0.3, -0.25) is 4.79 Å². The summed E-state index contributed by atoms with van der Waals surface area (Å²) in [6.07, 6.45) is 4.19. The lowest BCUT2D eigenvalue weighted by molar-refractivity contribution is 0.0952. The third-order valence-corrected chi connectivity index (χ3v) is 3.58. The molecule has 1 aromatic heterocycles. The van der Waals surface area contributed by atoms with E-state index in [0.29, 0.717) is 12.0 Å². The monoisotopic (exact) mass is 272 g/mol. The number of ketones is 1.